The van der Waals surface area contributed by atoms with Crippen LogP contribution in [0, 0.1) is 6.92 Å². The van der Waals surface area contributed by atoms with Crippen LogP contribution in [0.3, 0.4) is 0 Å². The van der Waals surface area contributed by atoms with Gasteiger partial charge in [-0.25, -0.2) is 8.42 Å². The van der Waals surface area contributed by atoms with Crippen molar-refractivity contribution in [1.82, 2.24) is 9.29 Å². The van der Waals surface area contributed by atoms with Gasteiger partial charge in [0.1, 0.15) is 6.04 Å². The van der Waals surface area contributed by atoms with Crippen LogP contribution in [-0.4, -0.2) is 36.9 Å². The molecule has 2 rings (SSSR count). The minimum Gasteiger partial charge on any atom is -0.327 e. The lowest BCUT2D eigenvalue weighted by atomic mass is 10.2. The molecule has 0 bridgehead atoms. The van der Waals surface area contributed by atoms with Gasteiger partial charge >= 0.3 is 0 Å². The minimum absolute atomic E-state index is 0.140. The zero-order chi connectivity index (χ0) is 18.4. The lowest BCUT2D eigenvalue weighted by Crippen LogP contribution is -2.41. The standard InChI is InChI=1S/C16H21N3O3S3/c1-12-4-6-13(7-5-12)25(21,22)18-14(8-10-23-3)15(20)17-16-19(2)9-11-24-16/h4-7,9,11,14,18H,8,10H2,1-3H3. The molecule has 0 aliphatic carbocycles. The maximum Gasteiger partial charge on any atom is 0.266 e. The fourth-order valence-corrected chi connectivity index (χ4v) is 4.48. The molecule has 1 heterocycles. The van der Waals surface area contributed by atoms with Crippen molar-refractivity contribution < 1.29 is 13.2 Å². The number of aryl methyl sites for hydroxylation is 2. The Morgan fingerprint density at radius 3 is 2.60 bits per heavy atom. The summed E-state index contributed by atoms with van der Waals surface area (Å²) in [4.78, 5) is 17.3. The molecule has 1 aromatic heterocycles. The summed E-state index contributed by atoms with van der Waals surface area (Å²) >= 11 is 2.88. The molecule has 136 valence electrons. The van der Waals surface area contributed by atoms with E-state index in [1.807, 2.05) is 18.6 Å². The van der Waals surface area contributed by atoms with Crippen molar-refractivity contribution in [3.63, 3.8) is 0 Å². The molecule has 9 heteroatoms. The van der Waals surface area contributed by atoms with E-state index < -0.39 is 22.0 Å². The fraction of sp³-hybridized carbons (Fsp3) is 0.375. The summed E-state index contributed by atoms with van der Waals surface area (Å²) in [6, 6.07) is 5.63. The summed E-state index contributed by atoms with van der Waals surface area (Å²) in [6.45, 7) is 1.88. The third-order valence-electron chi connectivity index (χ3n) is 3.50. The molecule has 1 unspecified atom stereocenters. The molecule has 1 aromatic carbocycles. The van der Waals surface area contributed by atoms with Crippen molar-refractivity contribution >= 4 is 39.0 Å². The number of carbonyl (C=O) groups excluding carboxylic acids is 1. The van der Waals surface area contributed by atoms with Gasteiger partial charge in [0, 0.05) is 18.6 Å². The van der Waals surface area contributed by atoms with Crippen LogP contribution in [0.15, 0.2) is 45.7 Å². The van der Waals surface area contributed by atoms with Crippen molar-refractivity contribution in [2.24, 2.45) is 12.0 Å². The molecular weight excluding hydrogens is 378 g/mol. The summed E-state index contributed by atoms with van der Waals surface area (Å²) in [5.74, 6) is 0.168. The lowest BCUT2D eigenvalue weighted by Gasteiger charge is -2.15. The molecule has 0 fully saturated rings. The van der Waals surface area contributed by atoms with Gasteiger partial charge in [-0.15, -0.1) is 11.3 Å². The van der Waals surface area contributed by atoms with E-state index in [0.717, 1.165) is 5.56 Å². The molecule has 6 nitrogen and oxygen atoms in total. The van der Waals surface area contributed by atoms with Gasteiger partial charge in [0.15, 0.2) is 4.80 Å². The summed E-state index contributed by atoms with van der Waals surface area (Å²) < 4.78 is 29.4. The monoisotopic (exact) mass is 399 g/mol. The van der Waals surface area contributed by atoms with Gasteiger partial charge in [-0.1, -0.05) is 17.7 Å². The number of nitrogens with one attached hydrogen (secondary N) is 1. The van der Waals surface area contributed by atoms with Gasteiger partial charge in [0.05, 0.1) is 4.90 Å². The third-order valence-corrected chi connectivity index (χ3v) is 6.48. The third kappa shape index (κ3) is 5.53. The first-order chi connectivity index (χ1) is 11.8. The van der Waals surface area contributed by atoms with Crippen molar-refractivity contribution in [3.05, 3.63) is 46.2 Å². The van der Waals surface area contributed by atoms with Gasteiger partial charge < -0.3 is 4.57 Å². The number of hydrogen-bond donors (Lipinski definition) is 1. The van der Waals surface area contributed by atoms with Crippen LogP contribution in [0.4, 0.5) is 0 Å². The topological polar surface area (TPSA) is 80.5 Å². The highest BCUT2D eigenvalue weighted by molar-refractivity contribution is 7.98. The first-order valence-electron chi connectivity index (χ1n) is 7.60. The summed E-state index contributed by atoms with van der Waals surface area (Å²) in [6.07, 6.45) is 4.08. The maximum atomic E-state index is 12.6. The number of aromatic nitrogens is 1. The van der Waals surface area contributed by atoms with E-state index in [-0.39, 0.29) is 4.90 Å². The maximum absolute atomic E-state index is 12.6. The van der Waals surface area contributed by atoms with Crippen LogP contribution < -0.4 is 9.52 Å². The van der Waals surface area contributed by atoms with Crippen molar-refractivity contribution in [2.45, 2.75) is 24.3 Å². The number of thioether (sulfide) groups is 1. The Bertz CT molecular complexity index is 883. The molecule has 0 saturated carbocycles. The Morgan fingerprint density at radius 1 is 1.36 bits per heavy atom. The Morgan fingerprint density at radius 2 is 2.04 bits per heavy atom. The summed E-state index contributed by atoms with van der Waals surface area (Å²) in [7, 11) is -2.00. The van der Waals surface area contributed by atoms with Crippen molar-refractivity contribution in [1.29, 1.82) is 0 Å². The van der Waals surface area contributed by atoms with Gasteiger partial charge in [0.25, 0.3) is 5.91 Å². The summed E-state index contributed by atoms with van der Waals surface area (Å²) in [5, 5.41) is 1.82. The lowest BCUT2D eigenvalue weighted by molar-refractivity contribution is -0.119. The van der Waals surface area contributed by atoms with E-state index in [9.17, 15) is 13.2 Å². The highest BCUT2D eigenvalue weighted by Gasteiger charge is 2.25. The second-order valence-corrected chi connectivity index (χ2v) is 9.09. The van der Waals surface area contributed by atoms with E-state index in [1.54, 1.807) is 41.7 Å². The Labute approximate surface area is 156 Å². The normalized spacial score (nSPS) is 13.8. The van der Waals surface area contributed by atoms with Crippen LogP contribution in [-0.2, 0) is 21.9 Å². The number of benzene rings is 1. The first-order valence-corrected chi connectivity index (χ1v) is 11.4. The molecule has 2 aromatic rings. The van der Waals surface area contributed by atoms with Gasteiger partial charge in [-0.2, -0.15) is 21.5 Å². The highest BCUT2D eigenvalue weighted by Crippen LogP contribution is 2.12. The van der Waals surface area contributed by atoms with Gasteiger partial charge in [-0.05, 0) is 37.5 Å². The smallest absolute Gasteiger partial charge is 0.266 e. The fourth-order valence-electron chi connectivity index (χ4n) is 2.05. The van der Waals surface area contributed by atoms with Gasteiger partial charge in [-0.3, -0.25) is 4.79 Å². The largest absolute Gasteiger partial charge is 0.327 e. The number of sulfonamides is 1. The van der Waals surface area contributed by atoms with E-state index >= 15 is 0 Å². The van der Waals surface area contributed by atoms with Crippen LogP contribution in [0.25, 0.3) is 0 Å². The second-order valence-electron chi connectivity index (χ2n) is 5.51. The molecule has 0 saturated heterocycles. The predicted octanol–water partition coefficient (Wildman–Crippen LogP) is 1.92. The van der Waals surface area contributed by atoms with Crippen molar-refractivity contribution in [3.8, 4) is 0 Å². The molecular formula is C16H21N3O3S3. The predicted molar refractivity (Wildman–Crippen MR) is 102 cm³/mol. The molecule has 1 amide bonds. The minimum atomic E-state index is -3.78. The second kappa shape index (κ2) is 8.79. The number of nitrogens with zero attached hydrogens (tertiary/aromatic N) is 2. The van der Waals surface area contributed by atoms with E-state index in [4.69, 9.17) is 0 Å². The van der Waals surface area contributed by atoms with Gasteiger partial charge in [0.2, 0.25) is 10.0 Å². The first kappa shape index (κ1) is 19.9. The van der Waals surface area contributed by atoms with E-state index in [0.29, 0.717) is 17.0 Å². The molecule has 25 heavy (non-hydrogen) atoms. The van der Waals surface area contributed by atoms with Crippen LogP contribution >= 0.6 is 23.1 Å². The molecule has 1 N–H and O–H groups in total. The average Bonchev–Trinajstić information content (AvgIpc) is 2.96. The zero-order valence-corrected chi connectivity index (χ0v) is 16.7. The van der Waals surface area contributed by atoms with Crippen LogP contribution in [0.5, 0.6) is 0 Å². The Balaban J connectivity index is 2.26. The molecule has 0 spiro atoms. The van der Waals surface area contributed by atoms with Crippen LogP contribution in [0.1, 0.15) is 12.0 Å². The quantitative estimate of drug-likeness (QED) is 0.771. The number of thiazole rings is 1. The molecule has 1 atom stereocenters. The molecule has 0 aliphatic rings. The van der Waals surface area contributed by atoms with E-state index in [2.05, 4.69) is 9.71 Å². The molecule has 0 radical (unpaired) electrons. The number of amides is 1. The zero-order valence-electron chi connectivity index (χ0n) is 14.3. The Kier molecular flexibility index (Phi) is 7.00. The Hall–Kier alpha value is -1.42. The number of rotatable bonds is 7. The van der Waals surface area contributed by atoms with Crippen molar-refractivity contribution in [2.75, 3.05) is 12.0 Å². The number of hydrogen-bond acceptors (Lipinski definition) is 5. The highest BCUT2D eigenvalue weighted by atomic mass is 32.2. The number of carbonyl (C=O) groups is 1. The molecule has 0 aliphatic heterocycles. The average molecular weight is 400 g/mol. The van der Waals surface area contributed by atoms with E-state index in [1.165, 1.54) is 23.5 Å². The summed E-state index contributed by atoms with van der Waals surface area (Å²) in [5.41, 5.74) is 0.967. The SMILES string of the molecule is CSCCC(NS(=O)(=O)c1ccc(C)cc1)C(=O)N=c1sccn1C. The van der Waals surface area contributed by atoms with Crippen LogP contribution in [0.2, 0.25) is 0 Å².